The number of rotatable bonds is 0. The Morgan fingerprint density at radius 1 is 1.11 bits per heavy atom. The highest BCUT2D eigenvalue weighted by Gasteiger charge is 2.37. The highest BCUT2D eigenvalue weighted by molar-refractivity contribution is 5.45. The van der Waals surface area contributed by atoms with Crippen LogP contribution in [0.2, 0.25) is 0 Å². The Hall–Kier alpha value is -0.820. The molecule has 0 radical (unpaired) electrons. The molecule has 1 aromatic carbocycles. The van der Waals surface area contributed by atoms with Crippen molar-refractivity contribution in [2.24, 2.45) is 5.41 Å². The van der Waals surface area contributed by atoms with Crippen LogP contribution in [0.15, 0.2) is 18.2 Å². The Labute approximate surface area is 111 Å². The van der Waals surface area contributed by atoms with E-state index in [4.69, 9.17) is 0 Å². The molecule has 0 saturated carbocycles. The first kappa shape index (κ1) is 12.2. The molecule has 1 nitrogen and oxygen atoms in total. The predicted molar refractivity (Wildman–Crippen MR) is 77.0 cm³/mol. The van der Waals surface area contributed by atoms with Crippen LogP contribution in [0.4, 0.5) is 0 Å². The lowest BCUT2D eigenvalue weighted by Gasteiger charge is -2.43. The van der Waals surface area contributed by atoms with Gasteiger partial charge in [0.05, 0.1) is 0 Å². The summed E-state index contributed by atoms with van der Waals surface area (Å²) in [7, 11) is 0. The lowest BCUT2D eigenvalue weighted by molar-refractivity contribution is 0.246. The molecule has 0 spiro atoms. The van der Waals surface area contributed by atoms with E-state index in [1.165, 1.54) is 19.4 Å². The average Bonchev–Trinajstić information content (AvgIpc) is 2.32. The number of benzene rings is 1. The molecule has 1 heterocycles. The Morgan fingerprint density at radius 2 is 1.83 bits per heavy atom. The van der Waals surface area contributed by atoms with E-state index >= 15 is 0 Å². The fourth-order valence-electron chi connectivity index (χ4n) is 3.85. The fourth-order valence-corrected chi connectivity index (χ4v) is 3.85. The molecule has 1 aliphatic carbocycles. The van der Waals surface area contributed by atoms with Crippen molar-refractivity contribution in [3.05, 3.63) is 34.9 Å². The van der Waals surface area contributed by atoms with Gasteiger partial charge in [-0.2, -0.15) is 0 Å². The summed E-state index contributed by atoms with van der Waals surface area (Å²) in [6, 6.07) is 7.49. The van der Waals surface area contributed by atoms with Crippen molar-refractivity contribution >= 4 is 0 Å². The lowest BCUT2D eigenvalue weighted by atomic mass is 9.69. The summed E-state index contributed by atoms with van der Waals surface area (Å²) in [6.45, 7) is 10.6. The molecular formula is C17H25N. The highest BCUT2D eigenvalue weighted by Crippen LogP contribution is 2.47. The standard InChI is InChI=1S/C17H25N/c1-11-8-9-12-10-18-16(17(2,3)4)14-7-5-6-13(11)15(12)14/h5-7,11-12,16,18H,8-10H2,1-4H3. The molecular weight excluding hydrogens is 218 g/mol. The third-order valence-electron chi connectivity index (χ3n) is 4.81. The molecule has 1 heteroatoms. The zero-order chi connectivity index (χ0) is 12.9. The second-order valence-corrected chi connectivity index (χ2v) is 7.23. The van der Waals surface area contributed by atoms with Crippen molar-refractivity contribution in [3.63, 3.8) is 0 Å². The summed E-state index contributed by atoms with van der Waals surface area (Å²) in [4.78, 5) is 0. The molecule has 18 heavy (non-hydrogen) atoms. The molecule has 0 saturated heterocycles. The number of hydrogen-bond donors (Lipinski definition) is 1. The van der Waals surface area contributed by atoms with E-state index in [1.54, 1.807) is 16.7 Å². The van der Waals surface area contributed by atoms with E-state index in [-0.39, 0.29) is 0 Å². The SMILES string of the molecule is CC1CCC2CNC(C(C)(C)C)c3cccc1c32. The van der Waals surface area contributed by atoms with E-state index in [0.717, 1.165) is 11.8 Å². The van der Waals surface area contributed by atoms with Crippen molar-refractivity contribution < 1.29 is 0 Å². The fraction of sp³-hybridized carbons (Fsp3) is 0.647. The van der Waals surface area contributed by atoms with Gasteiger partial charge in [-0.3, -0.25) is 0 Å². The van der Waals surface area contributed by atoms with Crippen LogP contribution in [0.25, 0.3) is 0 Å². The molecule has 3 unspecified atom stereocenters. The third-order valence-corrected chi connectivity index (χ3v) is 4.81. The largest absolute Gasteiger partial charge is 0.309 e. The van der Waals surface area contributed by atoms with Crippen molar-refractivity contribution in [3.8, 4) is 0 Å². The summed E-state index contributed by atoms with van der Waals surface area (Å²) in [5, 5.41) is 3.79. The molecule has 3 rings (SSSR count). The third kappa shape index (κ3) is 1.80. The maximum Gasteiger partial charge on any atom is 0.0372 e. The molecule has 98 valence electrons. The summed E-state index contributed by atoms with van der Waals surface area (Å²) in [5.41, 5.74) is 5.18. The van der Waals surface area contributed by atoms with Gasteiger partial charge in [0.2, 0.25) is 0 Å². The Morgan fingerprint density at radius 3 is 2.56 bits per heavy atom. The van der Waals surface area contributed by atoms with Gasteiger partial charge >= 0.3 is 0 Å². The second-order valence-electron chi connectivity index (χ2n) is 7.23. The molecule has 3 atom stereocenters. The van der Waals surface area contributed by atoms with Gasteiger partial charge in [0.25, 0.3) is 0 Å². The Kier molecular flexibility index (Phi) is 2.78. The molecule has 0 fully saturated rings. The first-order valence-electron chi connectivity index (χ1n) is 7.34. The molecule has 0 aromatic heterocycles. The second kappa shape index (κ2) is 4.09. The molecule has 1 N–H and O–H groups in total. The lowest BCUT2D eigenvalue weighted by Crippen LogP contribution is -2.41. The molecule has 0 amide bonds. The van der Waals surface area contributed by atoms with E-state index in [9.17, 15) is 0 Å². The van der Waals surface area contributed by atoms with Gasteiger partial charge in [0.1, 0.15) is 0 Å². The van der Waals surface area contributed by atoms with Gasteiger partial charge in [-0.1, -0.05) is 45.9 Å². The van der Waals surface area contributed by atoms with Crippen molar-refractivity contribution in [1.82, 2.24) is 5.32 Å². The summed E-state index contributed by atoms with van der Waals surface area (Å²) >= 11 is 0. The van der Waals surface area contributed by atoms with Crippen molar-refractivity contribution in [2.75, 3.05) is 6.54 Å². The van der Waals surface area contributed by atoms with E-state index < -0.39 is 0 Å². The normalized spacial score (nSPS) is 31.0. The average molecular weight is 243 g/mol. The highest BCUT2D eigenvalue weighted by atomic mass is 14.9. The first-order valence-corrected chi connectivity index (χ1v) is 7.34. The topological polar surface area (TPSA) is 12.0 Å². The Bertz CT molecular complexity index is 455. The van der Waals surface area contributed by atoms with Gasteiger partial charge in [0, 0.05) is 12.6 Å². The number of nitrogens with one attached hydrogen (secondary N) is 1. The molecule has 1 aliphatic heterocycles. The van der Waals surface area contributed by atoms with Gasteiger partial charge in [0.15, 0.2) is 0 Å². The van der Waals surface area contributed by atoms with Crippen LogP contribution in [0.3, 0.4) is 0 Å². The van der Waals surface area contributed by atoms with Crippen LogP contribution < -0.4 is 5.32 Å². The quantitative estimate of drug-likeness (QED) is 0.714. The van der Waals surface area contributed by atoms with Crippen LogP contribution in [-0.2, 0) is 0 Å². The maximum absolute atomic E-state index is 3.79. The zero-order valence-electron chi connectivity index (χ0n) is 12.1. The van der Waals surface area contributed by atoms with Gasteiger partial charge in [-0.25, -0.2) is 0 Å². The Balaban J connectivity index is 2.14. The zero-order valence-corrected chi connectivity index (χ0v) is 12.1. The van der Waals surface area contributed by atoms with Gasteiger partial charge in [-0.05, 0) is 46.8 Å². The van der Waals surface area contributed by atoms with E-state index in [2.05, 4.69) is 51.2 Å². The minimum atomic E-state index is 0.292. The molecule has 0 bridgehead atoms. The summed E-state index contributed by atoms with van der Waals surface area (Å²) in [6.07, 6.45) is 2.71. The van der Waals surface area contributed by atoms with Gasteiger partial charge in [-0.15, -0.1) is 0 Å². The maximum atomic E-state index is 3.79. The smallest absolute Gasteiger partial charge is 0.0372 e. The minimum absolute atomic E-state index is 0.292. The van der Waals surface area contributed by atoms with E-state index in [0.29, 0.717) is 11.5 Å². The minimum Gasteiger partial charge on any atom is -0.309 e. The summed E-state index contributed by atoms with van der Waals surface area (Å²) in [5.74, 6) is 1.50. The van der Waals surface area contributed by atoms with Crippen LogP contribution in [0.5, 0.6) is 0 Å². The van der Waals surface area contributed by atoms with Gasteiger partial charge < -0.3 is 5.32 Å². The van der Waals surface area contributed by atoms with Crippen LogP contribution in [0, 0.1) is 5.41 Å². The molecule has 2 aliphatic rings. The summed E-state index contributed by atoms with van der Waals surface area (Å²) < 4.78 is 0. The predicted octanol–water partition coefficient (Wildman–Crippen LogP) is 4.36. The van der Waals surface area contributed by atoms with Crippen LogP contribution >= 0.6 is 0 Å². The van der Waals surface area contributed by atoms with Crippen molar-refractivity contribution in [1.29, 1.82) is 0 Å². The van der Waals surface area contributed by atoms with E-state index in [1.807, 2.05) is 0 Å². The molecule has 1 aromatic rings. The van der Waals surface area contributed by atoms with Crippen molar-refractivity contribution in [2.45, 2.75) is 58.4 Å². The first-order chi connectivity index (χ1) is 8.48. The van der Waals surface area contributed by atoms with Crippen LogP contribution in [0.1, 0.15) is 75.1 Å². The monoisotopic (exact) mass is 243 g/mol. The number of hydrogen-bond acceptors (Lipinski definition) is 1. The van der Waals surface area contributed by atoms with Crippen LogP contribution in [-0.4, -0.2) is 6.54 Å².